The first-order valence-corrected chi connectivity index (χ1v) is 15.9. The van der Waals surface area contributed by atoms with Crippen LogP contribution in [0.25, 0.3) is 94.3 Å². The Labute approximate surface area is 274 Å². The number of rotatable bonds is 4. The first-order valence-electron chi connectivity index (χ1n) is 15.9. The van der Waals surface area contributed by atoms with E-state index in [0.717, 1.165) is 55.0 Å². The van der Waals surface area contributed by atoms with Gasteiger partial charge >= 0.3 is 0 Å². The van der Waals surface area contributed by atoms with Crippen molar-refractivity contribution >= 4 is 55.1 Å². The number of hydrogen-bond donors (Lipinski definition) is 1. The minimum Gasteiger partial charge on any atom is -0.456 e. The summed E-state index contributed by atoms with van der Waals surface area (Å²) >= 11 is 0. The van der Waals surface area contributed by atoms with E-state index in [4.69, 9.17) is 29.5 Å². The van der Waals surface area contributed by atoms with Crippen molar-refractivity contribution in [1.29, 1.82) is 0 Å². The van der Waals surface area contributed by atoms with Gasteiger partial charge in [0.1, 0.15) is 16.7 Å². The standard InChI is InChI=1S/C42H26N4O2/c1-2-25(38-30-15-6-8-19-34(30)48-39(38)43)41-44-40(24-21-23-11-9-16-28-26-12-3-4-13-27(26)32(22-24)36(23)28)45-42(46-41)31-17-10-20-35-37(31)29-14-5-7-18-33(29)47-35/h2-22H,43H2,1H3/b25-2+. The van der Waals surface area contributed by atoms with Crippen LogP contribution in [-0.2, 0) is 0 Å². The molecule has 0 amide bonds. The highest BCUT2D eigenvalue weighted by Gasteiger charge is 2.25. The number of nitrogen functional groups attached to an aromatic ring is 1. The molecule has 2 N–H and O–H groups in total. The quantitative estimate of drug-likeness (QED) is 0.211. The SMILES string of the molecule is C/C=C(/c1nc(-c2cc3c4c(cccc4c2)-c2ccccc2-3)nc(-c2cccc3oc4ccccc4c23)n1)c1c(N)oc2ccccc12. The van der Waals surface area contributed by atoms with E-state index >= 15 is 0 Å². The molecule has 0 atom stereocenters. The second kappa shape index (κ2) is 9.98. The van der Waals surface area contributed by atoms with Gasteiger partial charge < -0.3 is 14.6 Å². The zero-order valence-electron chi connectivity index (χ0n) is 25.9. The summed E-state index contributed by atoms with van der Waals surface area (Å²) in [5.74, 6) is 1.94. The van der Waals surface area contributed by atoms with Crippen LogP contribution in [0.1, 0.15) is 18.3 Å². The van der Waals surface area contributed by atoms with E-state index in [2.05, 4.69) is 60.7 Å². The maximum Gasteiger partial charge on any atom is 0.199 e. The number of hydrogen-bond acceptors (Lipinski definition) is 6. The number of furan rings is 2. The average molecular weight is 619 g/mol. The molecular weight excluding hydrogens is 592 g/mol. The Kier molecular flexibility index (Phi) is 5.55. The van der Waals surface area contributed by atoms with Crippen LogP contribution in [0.2, 0.25) is 0 Å². The van der Waals surface area contributed by atoms with Crippen LogP contribution in [0.4, 0.5) is 5.88 Å². The molecule has 0 spiro atoms. The van der Waals surface area contributed by atoms with E-state index in [0.29, 0.717) is 28.9 Å². The van der Waals surface area contributed by atoms with Gasteiger partial charge in [-0.05, 0) is 70.3 Å². The molecule has 0 saturated carbocycles. The lowest BCUT2D eigenvalue weighted by molar-refractivity contribution is 0.636. The minimum absolute atomic E-state index is 0.318. The molecule has 0 bridgehead atoms. The van der Waals surface area contributed by atoms with Crippen molar-refractivity contribution in [3.63, 3.8) is 0 Å². The first-order chi connectivity index (χ1) is 23.7. The van der Waals surface area contributed by atoms with Gasteiger partial charge in [-0.3, -0.25) is 0 Å². The Morgan fingerprint density at radius 3 is 2.04 bits per heavy atom. The van der Waals surface area contributed by atoms with E-state index < -0.39 is 0 Å². The molecule has 0 saturated heterocycles. The highest BCUT2D eigenvalue weighted by Crippen LogP contribution is 2.48. The van der Waals surface area contributed by atoms with Gasteiger partial charge in [0.15, 0.2) is 23.4 Å². The van der Waals surface area contributed by atoms with Crippen LogP contribution in [-0.4, -0.2) is 15.0 Å². The van der Waals surface area contributed by atoms with Crippen LogP contribution in [0.5, 0.6) is 0 Å². The van der Waals surface area contributed by atoms with E-state index in [-0.39, 0.29) is 0 Å². The molecule has 1 aliphatic rings. The molecule has 6 nitrogen and oxygen atoms in total. The van der Waals surface area contributed by atoms with Gasteiger partial charge in [0, 0.05) is 32.9 Å². The Bertz CT molecular complexity index is 2820. The van der Waals surface area contributed by atoms with Gasteiger partial charge in [-0.15, -0.1) is 0 Å². The van der Waals surface area contributed by atoms with Crippen LogP contribution in [0, 0.1) is 0 Å². The predicted molar refractivity (Wildman–Crippen MR) is 193 cm³/mol. The summed E-state index contributed by atoms with van der Waals surface area (Å²) in [5, 5.41) is 5.25. The van der Waals surface area contributed by atoms with Crippen LogP contribution in [0.3, 0.4) is 0 Å². The fourth-order valence-corrected chi connectivity index (χ4v) is 7.38. The number of nitrogens with two attached hydrogens (primary N) is 1. The second-order valence-electron chi connectivity index (χ2n) is 12.1. The Morgan fingerprint density at radius 2 is 1.21 bits per heavy atom. The van der Waals surface area contributed by atoms with Gasteiger partial charge in [0.05, 0.1) is 5.56 Å². The second-order valence-corrected chi connectivity index (χ2v) is 12.1. The molecule has 0 fully saturated rings. The fraction of sp³-hybridized carbons (Fsp3) is 0.0238. The lowest BCUT2D eigenvalue weighted by atomic mass is 9.99. The van der Waals surface area contributed by atoms with Gasteiger partial charge in [0.25, 0.3) is 0 Å². The van der Waals surface area contributed by atoms with Crippen molar-refractivity contribution in [2.75, 3.05) is 5.73 Å². The third-order valence-electron chi connectivity index (χ3n) is 9.44. The summed E-state index contributed by atoms with van der Waals surface area (Å²) < 4.78 is 12.3. The van der Waals surface area contributed by atoms with E-state index in [1.807, 2.05) is 73.7 Å². The maximum atomic E-state index is 6.55. The third-order valence-corrected chi connectivity index (χ3v) is 9.44. The van der Waals surface area contributed by atoms with E-state index in [1.54, 1.807) is 0 Å². The number of benzene rings is 6. The van der Waals surface area contributed by atoms with Crippen molar-refractivity contribution in [1.82, 2.24) is 15.0 Å². The Hall–Kier alpha value is -6.53. The molecule has 48 heavy (non-hydrogen) atoms. The summed E-state index contributed by atoms with van der Waals surface area (Å²) in [5.41, 5.74) is 17.0. The molecule has 3 aromatic heterocycles. The van der Waals surface area contributed by atoms with Crippen molar-refractivity contribution in [2.45, 2.75) is 6.92 Å². The van der Waals surface area contributed by atoms with Crippen molar-refractivity contribution in [3.8, 4) is 45.0 Å². The smallest absolute Gasteiger partial charge is 0.199 e. The Morgan fingerprint density at radius 1 is 0.562 bits per heavy atom. The third kappa shape index (κ3) is 3.77. The summed E-state index contributed by atoms with van der Waals surface area (Å²) in [6.45, 7) is 1.97. The van der Waals surface area contributed by atoms with E-state index in [1.165, 1.54) is 27.6 Å². The average Bonchev–Trinajstić information content (AvgIpc) is 3.78. The first kappa shape index (κ1) is 26.7. The van der Waals surface area contributed by atoms with Gasteiger partial charge in [-0.1, -0.05) is 97.1 Å². The number of allylic oxidation sites excluding steroid dienone is 1. The molecule has 1 aliphatic carbocycles. The normalized spacial score (nSPS) is 12.5. The van der Waals surface area contributed by atoms with Gasteiger partial charge in [0.2, 0.25) is 0 Å². The highest BCUT2D eigenvalue weighted by atomic mass is 16.3. The lowest BCUT2D eigenvalue weighted by Crippen LogP contribution is -2.05. The van der Waals surface area contributed by atoms with E-state index in [9.17, 15) is 0 Å². The van der Waals surface area contributed by atoms with Crippen LogP contribution < -0.4 is 5.73 Å². The number of fused-ring (bicyclic) bond motifs is 7. The topological polar surface area (TPSA) is 91.0 Å². The number of para-hydroxylation sites is 2. The molecule has 10 rings (SSSR count). The van der Waals surface area contributed by atoms with Crippen LogP contribution in [0.15, 0.2) is 136 Å². The maximum absolute atomic E-state index is 6.55. The molecule has 3 heterocycles. The predicted octanol–water partition coefficient (Wildman–Crippen LogP) is 10.7. The molecule has 0 aliphatic heterocycles. The van der Waals surface area contributed by atoms with Crippen molar-refractivity contribution in [2.24, 2.45) is 0 Å². The monoisotopic (exact) mass is 618 g/mol. The zero-order chi connectivity index (χ0) is 31.9. The van der Waals surface area contributed by atoms with Crippen molar-refractivity contribution < 1.29 is 8.83 Å². The summed E-state index contributed by atoms with van der Waals surface area (Å²) in [6, 6.07) is 41.4. The summed E-state index contributed by atoms with van der Waals surface area (Å²) in [7, 11) is 0. The molecular formula is C42H26N4O2. The zero-order valence-corrected chi connectivity index (χ0v) is 25.9. The number of anilines is 1. The molecule has 6 aromatic carbocycles. The molecule has 226 valence electrons. The summed E-state index contributed by atoms with van der Waals surface area (Å²) in [4.78, 5) is 15.5. The molecule has 0 radical (unpaired) electrons. The van der Waals surface area contributed by atoms with Gasteiger partial charge in [-0.25, -0.2) is 15.0 Å². The molecule has 9 aromatic rings. The largest absolute Gasteiger partial charge is 0.456 e. The lowest BCUT2D eigenvalue weighted by Gasteiger charge is -2.12. The fourth-order valence-electron chi connectivity index (χ4n) is 7.38. The highest BCUT2D eigenvalue weighted by molar-refractivity contribution is 6.16. The molecule has 0 unspecified atom stereocenters. The minimum atomic E-state index is 0.318. The van der Waals surface area contributed by atoms with Gasteiger partial charge in [-0.2, -0.15) is 0 Å². The molecule has 6 heteroatoms. The van der Waals surface area contributed by atoms with Crippen molar-refractivity contribution in [3.05, 3.63) is 139 Å². The number of aromatic nitrogens is 3. The Balaban J connectivity index is 1.27. The number of nitrogens with zero attached hydrogens (tertiary/aromatic N) is 3. The summed E-state index contributed by atoms with van der Waals surface area (Å²) in [6.07, 6.45) is 1.99. The van der Waals surface area contributed by atoms with Crippen LogP contribution >= 0.6 is 0 Å².